The average molecular weight is 216 g/mol. The van der Waals surface area contributed by atoms with Crippen LogP contribution in [0.15, 0.2) is 23.2 Å². The third kappa shape index (κ3) is 1.08. The van der Waals surface area contributed by atoms with Crippen LogP contribution >= 0.6 is 0 Å². The summed E-state index contributed by atoms with van der Waals surface area (Å²) in [7, 11) is 0. The molecule has 3 rings (SSSR count). The van der Waals surface area contributed by atoms with E-state index in [4.69, 9.17) is 5.73 Å². The van der Waals surface area contributed by atoms with Crippen LogP contribution in [-0.2, 0) is 0 Å². The summed E-state index contributed by atoms with van der Waals surface area (Å²) in [6, 6.07) is 1.70. The Morgan fingerprint density at radius 1 is 1.31 bits per heavy atom. The molecule has 0 aliphatic carbocycles. The van der Waals surface area contributed by atoms with Gasteiger partial charge in [0.25, 0.3) is 5.95 Å². The number of anilines is 1. The quantitative estimate of drug-likeness (QED) is 0.643. The van der Waals surface area contributed by atoms with Crippen LogP contribution in [0.4, 0.5) is 5.69 Å². The number of hydrogen-bond acceptors (Lipinski definition) is 6. The maximum Gasteiger partial charge on any atom is 0.290 e. The highest BCUT2D eigenvalue weighted by atomic mass is 16.5. The van der Waals surface area contributed by atoms with Crippen LogP contribution in [-0.4, -0.2) is 24.9 Å². The first kappa shape index (κ1) is 8.84. The summed E-state index contributed by atoms with van der Waals surface area (Å²) in [6.07, 6.45) is 2.89. The summed E-state index contributed by atoms with van der Waals surface area (Å²) >= 11 is 0. The molecule has 0 atom stereocenters. The molecule has 7 nitrogen and oxygen atoms in total. The van der Waals surface area contributed by atoms with Crippen molar-refractivity contribution in [1.82, 2.24) is 24.9 Å². The van der Waals surface area contributed by atoms with Gasteiger partial charge in [-0.1, -0.05) is 0 Å². The molecule has 0 fully saturated rings. The zero-order valence-corrected chi connectivity index (χ0v) is 8.45. The fraction of sp³-hybridized carbons (Fsp3) is 0.111. The Morgan fingerprint density at radius 2 is 2.19 bits per heavy atom. The highest BCUT2D eigenvalue weighted by Gasteiger charge is 2.14. The van der Waals surface area contributed by atoms with Gasteiger partial charge in [-0.25, -0.2) is 0 Å². The van der Waals surface area contributed by atoms with E-state index in [9.17, 15) is 0 Å². The normalized spacial score (nSPS) is 11.1. The molecule has 80 valence electrons. The second-order valence-electron chi connectivity index (χ2n) is 3.33. The third-order valence-electron chi connectivity index (χ3n) is 2.35. The van der Waals surface area contributed by atoms with Gasteiger partial charge in [-0.3, -0.25) is 4.98 Å². The van der Waals surface area contributed by atoms with E-state index in [1.165, 1.54) is 6.39 Å². The molecule has 0 unspecified atom stereocenters. The number of hydrogen-bond donors (Lipinski definition) is 1. The second-order valence-corrected chi connectivity index (χ2v) is 3.33. The largest absolute Gasteiger partial charge is 0.397 e. The fourth-order valence-electron chi connectivity index (χ4n) is 1.57. The standard InChI is InChI=1S/C9H8N6O/c1-5-7-8(6(10)2-3-11-7)13-15(5)9-12-4-16-14-9/h2-4H,10H2,1H3. The zero-order chi connectivity index (χ0) is 11.1. The number of nitrogens with two attached hydrogens (primary N) is 1. The molecule has 3 aromatic rings. The maximum absolute atomic E-state index is 5.81. The predicted molar refractivity (Wildman–Crippen MR) is 55.9 cm³/mol. The lowest BCUT2D eigenvalue weighted by atomic mass is 10.3. The van der Waals surface area contributed by atoms with Crippen LogP contribution < -0.4 is 5.73 Å². The molecule has 0 aromatic carbocycles. The van der Waals surface area contributed by atoms with Crippen molar-refractivity contribution in [2.75, 3.05) is 5.73 Å². The highest BCUT2D eigenvalue weighted by Crippen LogP contribution is 2.21. The van der Waals surface area contributed by atoms with Gasteiger partial charge in [0.1, 0.15) is 11.0 Å². The summed E-state index contributed by atoms with van der Waals surface area (Å²) in [6.45, 7) is 1.87. The third-order valence-corrected chi connectivity index (χ3v) is 2.35. The van der Waals surface area contributed by atoms with Gasteiger partial charge in [0.05, 0.1) is 11.4 Å². The molecule has 3 heterocycles. The first-order valence-corrected chi connectivity index (χ1v) is 4.64. The number of aromatic nitrogens is 5. The summed E-state index contributed by atoms with van der Waals surface area (Å²) in [5.74, 6) is 0.370. The number of nitrogens with zero attached hydrogens (tertiary/aromatic N) is 5. The van der Waals surface area contributed by atoms with Crippen LogP contribution in [0.25, 0.3) is 17.0 Å². The van der Waals surface area contributed by atoms with Gasteiger partial charge in [0.2, 0.25) is 6.39 Å². The Kier molecular flexibility index (Phi) is 1.67. The van der Waals surface area contributed by atoms with E-state index < -0.39 is 0 Å². The van der Waals surface area contributed by atoms with Crippen molar-refractivity contribution in [3.8, 4) is 5.95 Å². The van der Waals surface area contributed by atoms with E-state index >= 15 is 0 Å². The molecular formula is C9H8N6O. The molecule has 3 aromatic heterocycles. The molecule has 0 saturated heterocycles. The topological polar surface area (TPSA) is 95.7 Å². The second kappa shape index (κ2) is 3.02. The van der Waals surface area contributed by atoms with Crippen molar-refractivity contribution in [2.24, 2.45) is 0 Å². The lowest BCUT2D eigenvalue weighted by Crippen LogP contribution is -2.00. The minimum atomic E-state index is 0.370. The number of fused-ring (bicyclic) bond motifs is 1. The van der Waals surface area contributed by atoms with Crippen LogP contribution in [0.5, 0.6) is 0 Å². The van der Waals surface area contributed by atoms with Crippen LogP contribution in [0, 0.1) is 6.92 Å². The minimum Gasteiger partial charge on any atom is -0.397 e. The van der Waals surface area contributed by atoms with Crippen molar-refractivity contribution < 1.29 is 4.52 Å². The van der Waals surface area contributed by atoms with Crippen molar-refractivity contribution >= 4 is 16.7 Å². The maximum atomic E-state index is 5.81. The van der Waals surface area contributed by atoms with Crippen molar-refractivity contribution in [2.45, 2.75) is 6.92 Å². The van der Waals surface area contributed by atoms with Crippen LogP contribution in [0.2, 0.25) is 0 Å². The molecule has 0 saturated carbocycles. The monoisotopic (exact) mass is 216 g/mol. The molecule has 2 N–H and O–H groups in total. The van der Waals surface area contributed by atoms with E-state index in [-0.39, 0.29) is 0 Å². The van der Waals surface area contributed by atoms with Gasteiger partial charge in [0, 0.05) is 6.20 Å². The lowest BCUT2D eigenvalue weighted by molar-refractivity contribution is 0.412. The Bertz CT molecular complexity index is 641. The molecule has 0 aliphatic rings. The van der Waals surface area contributed by atoms with E-state index in [1.807, 2.05) is 6.92 Å². The van der Waals surface area contributed by atoms with Gasteiger partial charge >= 0.3 is 0 Å². The Balaban J connectivity index is 2.36. The van der Waals surface area contributed by atoms with Crippen molar-refractivity contribution in [3.05, 3.63) is 24.4 Å². The van der Waals surface area contributed by atoms with Crippen LogP contribution in [0.3, 0.4) is 0 Å². The lowest BCUT2D eigenvalue weighted by Gasteiger charge is -1.94. The molecular weight excluding hydrogens is 208 g/mol. The Labute approximate surface area is 89.9 Å². The first-order chi connectivity index (χ1) is 7.77. The summed E-state index contributed by atoms with van der Waals surface area (Å²) < 4.78 is 6.23. The van der Waals surface area contributed by atoms with Gasteiger partial charge in [-0.2, -0.15) is 14.8 Å². The highest BCUT2D eigenvalue weighted by molar-refractivity contribution is 5.87. The molecule has 0 bridgehead atoms. The van der Waals surface area contributed by atoms with E-state index in [2.05, 4.69) is 24.7 Å². The average Bonchev–Trinajstić information content (AvgIpc) is 2.88. The van der Waals surface area contributed by atoms with Gasteiger partial charge in [0.15, 0.2) is 0 Å². The molecule has 0 spiro atoms. The smallest absolute Gasteiger partial charge is 0.290 e. The van der Waals surface area contributed by atoms with Gasteiger partial charge in [-0.05, 0) is 18.1 Å². The molecule has 0 aliphatic heterocycles. The van der Waals surface area contributed by atoms with Crippen LogP contribution in [0.1, 0.15) is 5.69 Å². The number of aryl methyl sites for hydroxylation is 1. The molecule has 0 amide bonds. The van der Waals surface area contributed by atoms with Crippen molar-refractivity contribution in [1.29, 1.82) is 0 Å². The summed E-state index contributed by atoms with van der Waals surface area (Å²) in [5, 5.41) is 8.02. The van der Waals surface area contributed by atoms with Crippen molar-refractivity contribution in [3.63, 3.8) is 0 Å². The predicted octanol–water partition coefficient (Wildman–Crippen LogP) is 0.694. The summed E-state index contributed by atoms with van der Waals surface area (Å²) in [4.78, 5) is 8.15. The van der Waals surface area contributed by atoms with Gasteiger partial charge in [-0.15, -0.1) is 0 Å². The zero-order valence-electron chi connectivity index (χ0n) is 8.45. The number of pyridine rings is 1. The van der Waals surface area contributed by atoms with E-state index in [1.54, 1.807) is 16.9 Å². The molecule has 7 heteroatoms. The Hall–Kier alpha value is -2.44. The van der Waals surface area contributed by atoms with Gasteiger partial charge < -0.3 is 10.3 Å². The summed E-state index contributed by atoms with van der Waals surface area (Å²) in [5.41, 5.74) is 8.60. The Morgan fingerprint density at radius 3 is 2.88 bits per heavy atom. The number of nitrogen functional groups attached to an aromatic ring is 1. The molecule has 0 radical (unpaired) electrons. The fourth-order valence-corrected chi connectivity index (χ4v) is 1.57. The SMILES string of the molecule is Cc1c2nccc(N)c2nn1-c1ncon1. The first-order valence-electron chi connectivity index (χ1n) is 4.64. The molecule has 16 heavy (non-hydrogen) atoms. The number of rotatable bonds is 1. The van der Waals surface area contributed by atoms with E-state index in [0.29, 0.717) is 17.2 Å². The van der Waals surface area contributed by atoms with E-state index in [0.717, 1.165) is 11.2 Å². The minimum absolute atomic E-state index is 0.370.